The predicted octanol–water partition coefficient (Wildman–Crippen LogP) is 5.18. The second kappa shape index (κ2) is 6.71. The molecule has 0 spiro atoms. The zero-order valence-electron chi connectivity index (χ0n) is 12.7. The number of halogens is 2. The quantitative estimate of drug-likeness (QED) is 0.802. The van der Waals surface area contributed by atoms with Crippen LogP contribution in [0.1, 0.15) is 37.5 Å². The third-order valence-electron chi connectivity index (χ3n) is 3.47. The first kappa shape index (κ1) is 16.2. The van der Waals surface area contributed by atoms with E-state index < -0.39 is 0 Å². The zero-order valence-corrected chi connectivity index (χ0v) is 14.3. The average molecular weight is 350 g/mol. The Morgan fingerprint density at radius 1 is 1.00 bits per heavy atom. The highest BCUT2D eigenvalue weighted by Crippen LogP contribution is 2.22. The maximum absolute atomic E-state index is 13.2. The van der Waals surface area contributed by atoms with E-state index in [1.807, 2.05) is 0 Å². The lowest BCUT2D eigenvalue weighted by molar-refractivity contribution is 0.589. The van der Waals surface area contributed by atoms with Gasteiger partial charge in [-0.15, -0.1) is 0 Å². The Bertz CT molecular complexity index is 600. The van der Waals surface area contributed by atoms with Crippen LogP contribution in [0.15, 0.2) is 46.9 Å². The van der Waals surface area contributed by atoms with Crippen molar-refractivity contribution in [1.82, 2.24) is 5.32 Å². The van der Waals surface area contributed by atoms with Crippen LogP contribution in [0.5, 0.6) is 0 Å². The smallest absolute Gasteiger partial charge is 0.123 e. The van der Waals surface area contributed by atoms with Gasteiger partial charge >= 0.3 is 0 Å². The first-order valence-electron chi connectivity index (χ1n) is 7.10. The standard InChI is InChI=1S/C18H21BrFN/c1-18(2,3)15-6-4-13(5-7-15)11-21-12-14-10-16(20)8-9-17(14)19/h4-10,21H,11-12H2,1-3H3. The van der Waals surface area contributed by atoms with Crippen LogP contribution in [0.2, 0.25) is 0 Å². The van der Waals surface area contributed by atoms with Gasteiger partial charge in [0.05, 0.1) is 0 Å². The largest absolute Gasteiger partial charge is 0.309 e. The van der Waals surface area contributed by atoms with Crippen LogP contribution in [0.3, 0.4) is 0 Å². The van der Waals surface area contributed by atoms with E-state index in [2.05, 4.69) is 66.3 Å². The van der Waals surface area contributed by atoms with Crippen molar-refractivity contribution in [2.24, 2.45) is 0 Å². The topological polar surface area (TPSA) is 12.0 Å². The lowest BCUT2D eigenvalue weighted by Gasteiger charge is -2.19. The van der Waals surface area contributed by atoms with Crippen LogP contribution in [-0.4, -0.2) is 0 Å². The van der Waals surface area contributed by atoms with Crippen molar-refractivity contribution in [3.63, 3.8) is 0 Å². The molecule has 0 radical (unpaired) electrons. The lowest BCUT2D eigenvalue weighted by atomic mass is 9.87. The van der Waals surface area contributed by atoms with Crippen molar-refractivity contribution in [3.05, 3.63) is 69.4 Å². The SMILES string of the molecule is CC(C)(C)c1ccc(CNCc2cc(F)ccc2Br)cc1. The van der Waals surface area contributed by atoms with Gasteiger partial charge in [0.25, 0.3) is 0 Å². The summed E-state index contributed by atoms with van der Waals surface area (Å²) in [7, 11) is 0. The van der Waals surface area contributed by atoms with Gasteiger partial charge < -0.3 is 5.32 Å². The molecule has 0 saturated carbocycles. The fourth-order valence-electron chi connectivity index (χ4n) is 2.14. The minimum absolute atomic E-state index is 0.179. The van der Waals surface area contributed by atoms with Gasteiger partial charge in [-0.25, -0.2) is 4.39 Å². The third kappa shape index (κ3) is 4.65. The molecular formula is C18H21BrFN. The molecule has 3 heteroatoms. The van der Waals surface area contributed by atoms with Gasteiger partial charge in [0.2, 0.25) is 0 Å². The van der Waals surface area contributed by atoms with Gasteiger partial charge in [0, 0.05) is 17.6 Å². The third-order valence-corrected chi connectivity index (χ3v) is 4.25. The number of hydrogen-bond acceptors (Lipinski definition) is 1. The minimum atomic E-state index is -0.204. The fourth-order valence-corrected chi connectivity index (χ4v) is 2.53. The van der Waals surface area contributed by atoms with Crippen LogP contribution in [0.4, 0.5) is 4.39 Å². The molecule has 2 aromatic rings. The van der Waals surface area contributed by atoms with E-state index in [0.717, 1.165) is 16.6 Å². The fraction of sp³-hybridized carbons (Fsp3) is 0.333. The molecule has 0 aliphatic rings. The molecule has 2 aromatic carbocycles. The molecule has 0 amide bonds. The Morgan fingerprint density at radius 3 is 2.29 bits per heavy atom. The van der Waals surface area contributed by atoms with Crippen LogP contribution in [0.25, 0.3) is 0 Å². The summed E-state index contributed by atoms with van der Waals surface area (Å²) >= 11 is 3.44. The van der Waals surface area contributed by atoms with E-state index in [0.29, 0.717) is 6.54 Å². The molecule has 0 bridgehead atoms. The van der Waals surface area contributed by atoms with Crippen molar-refractivity contribution >= 4 is 15.9 Å². The predicted molar refractivity (Wildman–Crippen MR) is 89.8 cm³/mol. The first-order valence-corrected chi connectivity index (χ1v) is 7.89. The summed E-state index contributed by atoms with van der Waals surface area (Å²) in [5.74, 6) is -0.204. The molecule has 112 valence electrons. The highest BCUT2D eigenvalue weighted by Gasteiger charge is 2.12. The molecule has 0 atom stereocenters. The minimum Gasteiger partial charge on any atom is -0.309 e. The molecule has 0 fully saturated rings. The van der Waals surface area contributed by atoms with E-state index >= 15 is 0 Å². The second-order valence-corrected chi connectivity index (χ2v) is 7.14. The molecule has 2 rings (SSSR count). The number of hydrogen-bond donors (Lipinski definition) is 1. The van der Waals surface area contributed by atoms with Gasteiger partial charge in [-0.1, -0.05) is 61.0 Å². The first-order chi connectivity index (χ1) is 9.86. The Labute approximate surface area is 134 Å². The van der Waals surface area contributed by atoms with E-state index in [-0.39, 0.29) is 11.2 Å². The molecule has 1 nitrogen and oxygen atoms in total. The monoisotopic (exact) mass is 349 g/mol. The van der Waals surface area contributed by atoms with E-state index in [1.165, 1.54) is 17.2 Å². The Balaban J connectivity index is 1.93. The number of benzene rings is 2. The summed E-state index contributed by atoms with van der Waals surface area (Å²) in [6.07, 6.45) is 0. The molecule has 0 aromatic heterocycles. The van der Waals surface area contributed by atoms with Crippen molar-refractivity contribution in [3.8, 4) is 0 Å². The average Bonchev–Trinajstić information content (AvgIpc) is 2.42. The van der Waals surface area contributed by atoms with E-state index in [1.54, 1.807) is 12.1 Å². The van der Waals surface area contributed by atoms with Crippen molar-refractivity contribution in [2.75, 3.05) is 0 Å². The molecule has 1 N–H and O–H groups in total. The van der Waals surface area contributed by atoms with Crippen LogP contribution >= 0.6 is 15.9 Å². The molecule has 0 aliphatic carbocycles. The highest BCUT2D eigenvalue weighted by atomic mass is 79.9. The summed E-state index contributed by atoms with van der Waals surface area (Å²) in [4.78, 5) is 0. The highest BCUT2D eigenvalue weighted by molar-refractivity contribution is 9.10. The lowest BCUT2D eigenvalue weighted by Crippen LogP contribution is -2.14. The number of rotatable bonds is 4. The molecule has 0 saturated heterocycles. The van der Waals surface area contributed by atoms with Crippen LogP contribution in [0, 0.1) is 5.82 Å². The summed E-state index contributed by atoms with van der Waals surface area (Å²) in [6, 6.07) is 13.4. The van der Waals surface area contributed by atoms with Crippen molar-refractivity contribution < 1.29 is 4.39 Å². The van der Waals surface area contributed by atoms with Gasteiger partial charge in [0.15, 0.2) is 0 Å². The molecule has 0 aliphatic heterocycles. The van der Waals surface area contributed by atoms with Gasteiger partial charge in [-0.2, -0.15) is 0 Å². The van der Waals surface area contributed by atoms with Crippen molar-refractivity contribution in [2.45, 2.75) is 39.3 Å². The second-order valence-electron chi connectivity index (χ2n) is 6.29. The summed E-state index contributed by atoms with van der Waals surface area (Å²) in [5.41, 5.74) is 3.68. The van der Waals surface area contributed by atoms with Gasteiger partial charge in [0.1, 0.15) is 5.82 Å². The summed E-state index contributed by atoms with van der Waals surface area (Å²) < 4.78 is 14.1. The Hall–Kier alpha value is -1.19. The zero-order chi connectivity index (χ0) is 15.5. The maximum Gasteiger partial charge on any atom is 0.123 e. The van der Waals surface area contributed by atoms with E-state index in [9.17, 15) is 4.39 Å². The van der Waals surface area contributed by atoms with Gasteiger partial charge in [-0.05, 0) is 40.3 Å². The number of nitrogens with one attached hydrogen (secondary N) is 1. The normalized spacial score (nSPS) is 11.7. The summed E-state index contributed by atoms with van der Waals surface area (Å²) in [5, 5.41) is 3.35. The molecule has 0 heterocycles. The Morgan fingerprint density at radius 2 is 1.67 bits per heavy atom. The maximum atomic E-state index is 13.2. The van der Waals surface area contributed by atoms with Crippen LogP contribution < -0.4 is 5.32 Å². The summed E-state index contributed by atoms with van der Waals surface area (Å²) in [6.45, 7) is 8.04. The van der Waals surface area contributed by atoms with E-state index in [4.69, 9.17) is 0 Å². The molecule has 21 heavy (non-hydrogen) atoms. The molecule has 0 unspecified atom stereocenters. The van der Waals surface area contributed by atoms with Crippen molar-refractivity contribution in [1.29, 1.82) is 0 Å². The molecular weight excluding hydrogens is 329 g/mol. The Kier molecular flexibility index (Phi) is 5.17. The van der Waals surface area contributed by atoms with Gasteiger partial charge in [-0.3, -0.25) is 0 Å². The van der Waals surface area contributed by atoms with Crippen LogP contribution in [-0.2, 0) is 18.5 Å².